The van der Waals surface area contributed by atoms with Gasteiger partial charge in [0.2, 0.25) is 0 Å². The Labute approximate surface area is 44.7 Å². The molecule has 7 heavy (non-hydrogen) atoms. The molecule has 0 heterocycles. The number of rotatable bonds is 3. The fourth-order valence-electron chi connectivity index (χ4n) is 0.426. The third-order valence-electron chi connectivity index (χ3n) is 0.871. The molecular formula is C6H12F. The molecule has 1 unspecified atom stereocenters. The highest BCUT2D eigenvalue weighted by Crippen LogP contribution is 2.01. The van der Waals surface area contributed by atoms with Crippen LogP contribution in [0.4, 0.5) is 4.39 Å². The van der Waals surface area contributed by atoms with Crippen LogP contribution in [0.1, 0.15) is 26.2 Å². The highest BCUT2D eigenvalue weighted by molar-refractivity contribution is 4.55. The van der Waals surface area contributed by atoms with Crippen LogP contribution in [0.25, 0.3) is 0 Å². The van der Waals surface area contributed by atoms with Crippen LogP contribution in [-0.4, -0.2) is 6.17 Å². The van der Waals surface area contributed by atoms with E-state index in [9.17, 15) is 4.39 Å². The van der Waals surface area contributed by atoms with Crippen LogP contribution in [0.5, 0.6) is 0 Å². The molecule has 1 radical (unpaired) electrons. The third-order valence-corrected chi connectivity index (χ3v) is 0.871. The molecule has 0 aromatic heterocycles. The van der Waals surface area contributed by atoms with Gasteiger partial charge in [-0.05, 0) is 13.3 Å². The van der Waals surface area contributed by atoms with Gasteiger partial charge in [-0.15, -0.1) is 0 Å². The predicted octanol–water partition coefficient (Wildman–Crippen LogP) is 2.35. The number of hydrogen-bond acceptors (Lipinski definition) is 0. The summed E-state index contributed by atoms with van der Waals surface area (Å²) in [5.41, 5.74) is 0. The second-order valence-electron chi connectivity index (χ2n) is 1.74. The highest BCUT2D eigenvalue weighted by Gasteiger charge is 1.93. The average Bonchev–Trinajstić information content (AvgIpc) is 1.61. The first kappa shape index (κ1) is 6.93. The summed E-state index contributed by atoms with van der Waals surface area (Å²) >= 11 is 0. The van der Waals surface area contributed by atoms with Gasteiger partial charge in [-0.1, -0.05) is 19.8 Å². The molecule has 0 aromatic carbocycles. The summed E-state index contributed by atoms with van der Waals surface area (Å²) in [7, 11) is 0. The Bertz CT molecular complexity index is 33.2. The topological polar surface area (TPSA) is 0 Å². The van der Waals surface area contributed by atoms with Crippen molar-refractivity contribution in [3.63, 3.8) is 0 Å². The maximum Gasteiger partial charge on any atom is 0.100 e. The molecule has 0 amide bonds. The van der Waals surface area contributed by atoms with Crippen molar-refractivity contribution in [1.82, 2.24) is 0 Å². The van der Waals surface area contributed by atoms with E-state index in [1.54, 1.807) is 0 Å². The normalized spacial score (nSPS) is 14.1. The van der Waals surface area contributed by atoms with Crippen molar-refractivity contribution < 1.29 is 4.39 Å². The lowest BCUT2D eigenvalue weighted by molar-refractivity contribution is 0.366. The molecular weight excluding hydrogens is 91.1 g/mol. The van der Waals surface area contributed by atoms with Gasteiger partial charge in [-0.2, -0.15) is 0 Å². The number of unbranched alkanes of at least 4 members (excludes halogenated alkanes) is 1. The molecule has 0 saturated heterocycles. The first-order chi connectivity index (χ1) is 3.27. The van der Waals surface area contributed by atoms with Gasteiger partial charge in [0.05, 0.1) is 0 Å². The smallest absolute Gasteiger partial charge is 0.100 e. The standard InChI is InChI=1S/C6H12F/c1-3-4-5-6(2)7/h6H,2-5H2,1H3. The Hall–Kier alpha value is -0.0700. The first-order valence-electron chi connectivity index (χ1n) is 2.74. The van der Waals surface area contributed by atoms with Crippen molar-refractivity contribution >= 4 is 0 Å². The second kappa shape index (κ2) is 4.10. The minimum Gasteiger partial charge on any atom is -0.247 e. The number of hydrogen-bond donors (Lipinski definition) is 0. The molecule has 0 aliphatic heterocycles. The molecule has 0 N–H and O–H groups in total. The quantitative estimate of drug-likeness (QED) is 0.514. The zero-order valence-electron chi connectivity index (χ0n) is 4.78. The van der Waals surface area contributed by atoms with Crippen LogP contribution in [0, 0.1) is 6.92 Å². The van der Waals surface area contributed by atoms with Crippen LogP contribution in [-0.2, 0) is 0 Å². The van der Waals surface area contributed by atoms with Gasteiger partial charge in [0.15, 0.2) is 0 Å². The molecule has 0 aliphatic rings. The monoisotopic (exact) mass is 103 g/mol. The van der Waals surface area contributed by atoms with E-state index in [0.717, 1.165) is 12.8 Å². The molecule has 0 nitrogen and oxygen atoms in total. The van der Waals surface area contributed by atoms with E-state index >= 15 is 0 Å². The molecule has 0 aromatic rings. The lowest BCUT2D eigenvalue weighted by Crippen LogP contribution is -1.90. The molecule has 0 spiro atoms. The summed E-state index contributed by atoms with van der Waals surface area (Å²) in [4.78, 5) is 0. The van der Waals surface area contributed by atoms with E-state index in [2.05, 4.69) is 6.92 Å². The van der Waals surface area contributed by atoms with Crippen molar-refractivity contribution in [3.05, 3.63) is 6.92 Å². The zero-order valence-corrected chi connectivity index (χ0v) is 4.78. The molecule has 0 fully saturated rings. The van der Waals surface area contributed by atoms with E-state index in [1.807, 2.05) is 6.92 Å². The first-order valence-corrected chi connectivity index (χ1v) is 2.74. The fourth-order valence-corrected chi connectivity index (χ4v) is 0.426. The molecule has 0 saturated carbocycles. The van der Waals surface area contributed by atoms with Crippen LogP contribution < -0.4 is 0 Å². The lowest BCUT2D eigenvalue weighted by Gasteiger charge is -1.95. The fraction of sp³-hybridized carbons (Fsp3) is 0.833. The van der Waals surface area contributed by atoms with Gasteiger partial charge in [0.1, 0.15) is 6.17 Å². The summed E-state index contributed by atoms with van der Waals surface area (Å²) in [5, 5.41) is 0. The van der Waals surface area contributed by atoms with Crippen molar-refractivity contribution in [2.75, 3.05) is 0 Å². The van der Waals surface area contributed by atoms with Crippen LogP contribution in [0.2, 0.25) is 0 Å². The van der Waals surface area contributed by atoms with Crippen molar-refractivity contribution in [3.8, 4) is 0 Å². The van der Waals surface area contributed by atoms with Crippen LogP contribution in [0.3, 0.4) is 0 Å². The number of halogens is 1. The summed E-state index contributed by atoms with van der Waals surface area (Å²) < 4.78 is 11.8. The van der Waals surface area contributed by atoms with Gasteiger partial charge in [-0.3, -0.25) is 0 Å². The van der Waals surface area contributed by atoms with Gasteiger partial charge in [0.25, 0.3) is 0 Å². The van der Waals surface area contributed by atoms with Gasteiger partial charge in [0, 0.05) is 0 Å². The zero-order chi connectivity index (χ0) is 5.70. The Balaban J connectivity index is 2.68. The van der Waals surface area contributed by atoms with E-state index < -0.39 is 6.17 Å². The SMILES string of the molecule is [CH2]C(F)CCCC. The Morgan fingerprint density at radius 3 is 2.43 bits per heavy atom. The van der Waals surface area contributed by atoms with Gasteiger partial charge in [-0.25, -0.2) is 4.39 Å². The number of alkyl halides is 1. The minimum atomic E-state index is -0.847. The van der Waals surface area contributed by atoms with Crippen molar-refractivity contribution in [2.45, 2.75) is 32.4 Å². The van der Waals surface area contributed by atoms with Gasteiger partial charge >= 0.3 is 0 Å². The molecule has 1 heteroatoms. The molecule has 43 valence electrons. The summed E-state index contributed by atoms with van der Waals surface area (Å²) in [6.45, 7) is 5.25. The maximum absolute atomic E-state index is 11.8. The Morgan fingerprint density at radius 1 is 1.71 bits per heavy atom. The van der Waals surface area contributed by atoms with Gasteiger partial charge < -0.3 is 0 Å². The molecule has 0 aliphatic carbocycles. The van der Waals surface area contributed by atoms with Crippen LogP contribution >= 0.6 is 0 Å². The molecule has 0 rings (SSSR count). The third kappa shape index (κ3) is 5.93. The van der Waals surface area contributed by atoms with E-state index in [4.69, 9.17) is 0 Å². The van der Waals surface area contributed by atoms with Crippen LogP contribution in [0.15, 0.2) is 0 Å². The van der Waals surface area contributed by atoms with E-state index in [-0.39, 0.29) is 0 Å². The predicted molar refractivity (Wildman–Crippen MR) is 29.8 cm³/mol. The van der Waals surface area contributed by atoms with E-state index in [0.29, 0.717) is 6.42 Å². The Kier molecular flexibility index (Phi) is 4.06. The van der Waals surface area contributed by atoms with E-state index in [1.165, 1.54) is 0 Å². The largest absolute Gasteiger partial charge is 0.247 e. The highest BCUT2D eigenvalue weighted by atomic mass is 19.1. The molecule has 0 bridgehead atoms. The average molecular weight is 103 g/mol. The lowest BCUT2D eigenvalue weighted by atomic mass is 10.2. The summed E-state index contributed by atoms with van der Waals surface area (Å²) in [6, 6.07) is 0. The Morgan fingerprint density at radius 2 is 2.29 bits per heavy atom. The molecule has 1 atom stereocenters. The van der Waals surface area contributed by atoms with Crippen molar-refractivity contribution in [2.24, 2.45) is 0 Å². The summed E-state index contributed by atoms with van der Waals surface area (Å²) in [6.07, 6.45) is 1.80. The second-order valence-corrected chi connectivity index (χ2v) is 1.74. The van der Waals surface area contributed by atoms with Crippen molar-refractivity contribution in [1.29, 1.82) is 0 Å². The summed E-state index contributed by atoms with van der Waals surface area (Å²) in [5.74, 6) is 0. The maximum atomic E-state index is 11.8. The minimum absolute atomic E-state index is 0.622.